The third-order valence-corrected chi connectivity index (χ3v) is 3.29. The summed E-state index contributed by atoms with van der Waals surface area (Å²) in [6.45, 7) is 0. The van der Waals surface area contributed by atoms with Gasteiger partial charge in [0.1, 0.15) is 0 Å². The van der Waals surface area contributed by atoms with Gasteiger partial charge in [0.25, 0.3) is 5.91 Å². The van der Waals surface area contributed by atoms with E-state index in [0.717, 1.165) is 16.6 Å². The van der Waals surface area contributed by atoms with Gasteiger partial charge in [0.15, 0.2) is 0 Å². The number of anilines is 1. The predicted octanol–water partition coefficient (Wildman–Crippen LogP) is 3.87. The van der Waals surface area contributed by atoms with Crippen LogP contribution in [0, 0.1) is 0 Å². The van der Waals surface area contributed by atoms with E-state index in [9.17, 15) is 4.79 Å². The minimum absolute atomic E-state index is 0.269. The number of fused-ring (bicyclic) bond motifs is 1. The van der Waals surface area contributed by atoms with Crippen LogP contribution in [0.4, 0.5) is 5.95 Å². The number of imidazole rings is 1. The fourth-order valence-corrected chi connectivity index (χ4v) is 2.14. The van der Waals surface area contributed by atoms with Crippen molar-refractivity contribution < 1.29 is 4.79 Å². The van der Waals surface area contributed by atoms with Crippen LogP contribution >= 0.6 is 11.6 Å². The standard InChI is InChI=1S/C16H12ClN3O/c17-12-6-2-1-5-11(12)9-10-15(21)20-16-18-13-7-3-4-8-14(13)19-16/h1-10H,(H2,18,19,20,21)/b10-9-. The Morgan fingerprint density at radius 1 is 1.14 bits per heavy atom. The summed E-state index contributed by atoms with van der Waals surface area (Å²) in [5.41, 5.74) is 2.48. The van der Waals surface area contributed by atoms with Crippen molar-refractivity contribution in [2.45, 2.75) is 0 Å². The third kappa shape index (κ3) is 3.12. The van der Waals surface area contributed by atoms with E-state index in [0.29, 0.717) is 11.0 Å². The van der Waals surface area contributed by atoms with E-state index >= 15 is 0 Å². The molecule has 4 nitrogen and oxygen atoms in total. The normalized spacial score (nSPS) is 11.1. The molecule has 0 atom stereocenters. The summed E-state index contributed by atoms with van der Waals surface area (Å²) in [7, 11) is 0. The van der Waals surface area contributed by atoms with Crippen LogP contribution in [0.3, 0.4) is 0 Å². The van der Waals surface area contributed by atoms with Gasteiger partial charge in [0, 0.05) is 11.1 Å². The minimum Gasteiger partial charge on any atom is -0.324 e. The van der Waals surface area contributed by atoms with Crippen molar-refractivity contribution in [2.24, 2.45) is 0 Å². The molecule has 0 spiro atoms. The molecule has 2 aromatic carbocycles. The van der Waals surface area contributed by atoms with E-state index in [2.05, 4.69) is 15.3 Å². The van der Waals surface area contributed by atoms with Gasteiger partial charge in [-0.15, -0.1) is 0 Å². The Kier molecular flexibility index (Phi) is 3.71. The summed E-state index contributed by atoms with van der Waals surface area (Å²) in [5, 5.41) is 3.29. The molecule has 0 aliphatic heterocycles. The number of aromatic nitrogens is 2. The molecule has 0 saturated carbocycles. The largest absolute Gasteiger partial charge is 0.324 e. The lowest BCUT2D eigenvalue weighted by Crippen LogP contribution is -2.08. The minimum atomic E-state index is -0.269. The number of H-pyrrole nitrogens is 1. The van der Waals surface area contributed by atoms with Gasteiger partial charge in [0.2, 0.25) is 5.95 Å². The van der Waals surface area contributed by atoms with E-state index in [1.165, 1.54) is 6.08 Å². The number of nitrogens with zero attached hydrogens (tertiary/aromatic N) is 1. The zero-order valence-corrected chi connectivity index (χ0v) is 11.8. The molecule has 0 radical (unpaired) electrons. The van der Waals surface area contributed by atoms with Gasteiger partial charge >= 0.3 is 0 Å². The zero-order chi connectivity index (χ0) is 14.7. The van der Waals surface area contributed by atoms with E-state index in [1.54, 1.807) is 12.1 Å². The number of carbonyl (C=O) groups is 1. The lowest BCUT2D eigenvalue weighted by atomic mass is 10.2. The van der Waals surface area contributed by atoms with Crippen LogP contribution in [0.2, 0.25) is 5.02 Å². The Bertz CT molecular complexity index is 790. The van der Waals surface area contributed by atoms with Gasteiger partial charge in [-0.1, -0.05) is 41.9 Å². The molecule has 0 saturated heterocycles. The Balaban J connectivity index is 1.73. The number of hydrogen-bond acceptors (Lipinski definition) is 2. The molecule has 2 N–H and O–H groups in total. The van der Waals surface area contributed by atoms with Crippen LogP contribution in [0.5, 0.6) is 0 Å². The van der Waals surface area contributed by atoms with Gasteiger partial charge < -0.3 is 4.98 Å². The van der Waals surface area contributed by atoms with Crippen LogP contribution in [-0.4, -0.2) is 15.9 Å². The second-order valence-corrected chi connectivity index (χ2v) is 4.85. The van der Waals surface area contributed by atoms with Gasteiger partial charge in [0.05, 0.1) is 11.0 Å². The molecular formula is C16H12ClN3O. The molecule has 0 aliphatic rings. The Morgan fingerprint density at radius 2 is 1.90 bits per heavy atom. The molecular weight excluding hydrogens is 286 g/mol. The average molecular weight is 298 g/mol. The molecule has 0 unspecified atom stereocenters. The number of aromatic amines is 1. The number of hydrogen-bond donors (Lipinski definition) is 2. The highest BCUT2D eigenvalue weighted by Gasteiger charge is 2.04. The highest BCUT2D eigenvalue weighted by atomic mass is 35.5. The first kappa shape index (κ1) is 13.4. The molecule has 104 valence electrons. The fraction of sp³-hybridized carbons (Fsp3) is 0. The Morgan fingerprint density at radius 3 is 2.71 bits per heavy atom. The molecule has 0 aliphatic carbocycles. The van der Waals surface area contributed by atoms with E-state index in [-0.39, 0.29) is 5.91 Å². The lowest BCUT2D eigenvalue weighted by molar-refractivity contribution is -0.111. The predicted molar refractivity (Wildman–Crippen MR) is 85.2 cm³/mol. The first-order valence-corrected chi connectivity index (χ1v) is 6.78. The van der Waals surface area contributed by atoms with Crippen molar-refractivity contribution in [3.05, 3.63) is 65.2 Å². The molecule has 3 rings (SSSR count). The first-order valence-electron chi connectivity index (χ1n) is 6.41. The number of rotatable bonds is 3. The topological polar surface area (TPSA) is 57.8 Å². The molecule has 21 heavy (non-hydrogen) atoms. The van der Waals surface area contributed by atoms with Crippen molar-refractivity contribution >= 4 is 40.6 Å². The quantitative estimate of drug-likeness (QED) is 0.721. The maximum atomic E-state index is 11.9. The number of para-hydroxylation sites is 2. The summed E-state index contributed by atoms with van der Waals surface area (Å²) in [4.78, 5) is 19.2. The number of benzene rings is 2. The maximum absolute atomic E-state index is 11.9. The smallest absolute Gasteiger partial charge is 0.250 e. The Hall–Kier alpha value is -2.59. The molecule has 1 amide bonds. The lowest BCUT2D eigenvalue weighted by Gasteiger charge is -1.98. The maximum Gasteiger partial charge on any atom is 0.250 e. The summed E-state index contributed by atoms with van der Waals surface area (Å²) in [6.07, 6.45) is 3.09. The van der Waals surface area contributed by atoms with Crippen molar-refractivity contribution in [1.29, 1.82) is 0 Å². The van der Waals surface area contributed by atoms with Crippen LogP contribution < -0.4 is 5.32 Å². The summed E-state index contributed by atoms with van der Waals surface area (Å²) >= 11 is 6.02. The van der Waals surface area contributed by atoms with Crippen molar-refractivity contribution in [3.8, 4) is 0 Å². The fourth-order valence-electron chi connectivity index (χ4n) is 1.95. The Labute approximate surface area is 126 Å². The van der Waals surface area contributed by atoms with E-state index < -0.39 is 0 Å². The van der Waals surface area contributed by atoms with Crippen LogP contribution in [0.25, 0.3) is 17.1 Å². The summed E-state index contributed by atoms with van der Waals surface area (Å²) < 4.78 is 0. The SMILES string of the molecule is O=C(/C=C\c1ccccc1Cl)Nc1nc2ccccc2[nH]1. The molecule has 0 bridgehead atoms. The van der Waals surface area contributed by atoms with Crippen molar-refractivity contribution in [2.75, 3.05) is 5.32 Å². The molecule has 0 fully saturated rings. The third-order valence-electron chi connectivity index (χ3n) is 2.95. The highest BCUT2D eigenvalue weighted by molar-refractivity contribution is 6.32. The first-order chi connectivity index (χ1) is 10.2. The number of carbonyl (C=O) groups excluding carboxylic acids is 1. The van der Waals surface area contributed by atoms with Gasteiger partial charge in [-0.3, -0.25) is 10.1 Å². The van der Waals surface area contributed by atoms with Gasteiger partial charge in [-0.05, 0) is 29.8 Å². The number of amides is 1. The molecule has 1 heterocycles. The van der Waals surface area contributed by atoms with Crippen LogP contribution in [-0.2, 0) is 4.79 Å². The number of nitrogens with one attached hydrogen (secondary N) is 2. The van der Waals surface area contributed by atoms with Gasteiger partial charge in [-0.25, -0.2) is 4.98 Å². The van der Waals surface area contributed by atoms with Crippen LogP contribution in [0.15, 0.2) is 54.6 Å². The summed E-state index contributed by atoms with van der Waals surface area (Å²) in [5.74, 6) is 0.152. The molecule has 1 aromatic heterocycles. The van der Waals surface area contributed by atoms with Crippen molar-refractivity contribution in [3.63, 3.8) is 0 Å². The molecule has 3 aromatic rings. The van der Waals surface area contributed by atoms with Crippen molar-refractivity contribution in [1.82, 2.24) is 9.97 Å². The van der Waals surface area contributed by atoms with E-state index in [1.807, 2.05) is 42.5 Å². The number of halogens is 1. The van der Waals surface area contributed by atoms with E-state index in [4.69, 9.17) is 11.6 Å². The zero-order valence-electron chi connectivity index (χ0n) is 11.0. The second-order valence-electron chi connectivity index (χ2n) is 4.45. The average Bonchev–Trinajstić information content (AvgIpc) is 2.88. The summed E-state index contributed by atoms with van der Waals surface area (Å²) in [6, 6.07) is 14.9. The molecule has 5 heteroatoms. The second kappa shape index (κ2) is 5.81. The monoisotopic (exact) mass is 297 g/mol. The van der Waals surface area contributed by atoms with Gasteiger partial charge in [-0.2, -0.15) is 0 Å². The highest BCUT2D eigenvalue weighted by Crippen LogP contribution is 2.16. The van der Waals surface area contributed by atoms with Crippen LogP contribution in [0.1, 0.15) is 5.56 Å².